The van der Waals surface area contributed by atoms with Crippen LogP contribution in [-0.4, -0.2) is 45.4 Å². The lowest BCUT2D eigenvalue weighted by atomic mass is 10.1. The van der Waals surface area contributed by atoms with Crippen molar-refractivity contribution in [2.45, 2.75) is 23.8 Å². The van der Waals surface area contributed by atoms with Gasteiger partial charge in [-0.15, -0.1) is 0 Å². The zero-order valence-electron chi connectivity index (χ0n) is 18.6. The average Bonchev–Trinajstić information content (AvgIpc) is 3.29. The molecule has 0 bridgehead atoms. The summed E-state index contributed by atoms with van der Waals surface area (Å²) in [5.74, 6) is -0.0342. The molecule has 0 spiro atoms. The number of halogens is 2. The quantitative estimate of drug-likeness (QED) is 0.372. The summed E-state index contributed by atoms with van der Waals surface area (Å²) >= 11 is 6.60. The lowest BCUT2D eigenvalue weighted by molar-refractivity contribution is 0.0741. The molecule has 3 aromatic rings. The van der Waals surface area contributed by atoms with Crippen LogP contribution in [0.2, 0.25) is 0 Å². The molecule has 0 aliphatic carbocycles. The number of rotatable bonds is 7. The first kappa shape index (κ1) is 24.8. The van der Waals surface area contributed by atoms with Crippen LogP contribution >= 0.6 is 31.9 Å². The van der Waals surface area contributed by atoms with E-state index in [1.54, 1.807) is 36.4 Å². The van der Waals surface area contributed by atoms with Crippen LogP contribution in [0, 0.1) is 0 Å². The second-order valence-corrected chi connectivity index (χ2v) is 11.7. The van der Waals surface area contributed by atoms with Gasteiger partial charge in [-0.3, -0.25) is 9.52 Å². The second-order valence-electron chi connectivity index (χ2n) is 8.27. The van der Waals surface area contributed by atoms with E-state index in [1.165, 1.54) is 6.07 Å². The van der Waals surface area contributed by atoms with E-state index in [0.717, 1.165) is 31.6 Å². The molecular formula is C25H25Br2N3O3S. The molecule has 0 aromatic heterocycles. The number of hydrogen-bond acceptors (Lipinski definition) is 4. The first-order chi connectivity index (χ1) is 16.2. The maximum Gasteiger partial charge on any atom is 0.263 e. The fourth-order valence-electron chi connectivity index (χ4n) is 4.14. The molecule has 4 rings (SSSR count). The van der Waals surface area contributed by atoms with Gasteiger partial charge in [0.05, 0.1) is 0 Å². The van der Waals surface area contributed by atoms with E-state index >= 15 is 0 Å². The summed E-state index contributed by atoms with van der Waals surface area (Å²) in [6, 6.07) is 21.8. The molecule has 6 nitrogen and oxygen atoms in total. The Bertz CT molecular complexity index is 1270. The molecule has 3 aromatic carbocycles. The number of hydrogen-bond donors (Lipinski definition) is 1. The van der Waals surface area contributed by atoms with Gasteiger partial charge >= 0.3 is 0 Å². The van der Waals surface area contributed by atoms with Gasteiger partial charge in [0.25, 0.3) is 15.9 Å². The molecule has 1 amide bonds. The number of amides is 1. The number of sulfonamides is 1. The molecule has 1 fully saturated rings. The number of likely N-dealkylation sites (tertiary alicyclic amines) is 1. The first-order valence-electron chi connectivity index (χ1n) is 10.9. The lowest BCUT2D eigenvalue weighted by Crippen LogP contribution is -2.42. The minimum Gasteiger partial charge on any atom is -0.373 e. The van der Waals surface area contributed by atoms with E-state index in [0.29, 0.717) is 20.2 Å². The molecule has 1 atom stereocenters. The summed E-state index contributed by atoms with van der Waals surface area (Å²) in [4.78, 5) is 17.5. The van der Waals surface area contributed by atoms with Crippen LogP contribution in [-0.2, 0) is 10.0 Å². The molecule has 9 heteroatoms. The Morgan fingerprint density at radius 1 is 1.06 bits per heavy atom. The third kappa shape index (κ3) is 5.64. The normalized spacial score (nSPS) is 15.9. The summed E-state index contributed by atoms with van der Waals surface area (Å²) in [7, 11) is -1.75. The van der Waals surface area contributed by atoms with E-state index in [-0.39, 0.29) is 16.8 Å². The average molecular weight is 607 g/mol. The summed E-state index contributed by atoms with van der Waals surface area (Å²) < 4.78 is 29.4. The molecule has 0 radical (unpaired) electrons. The van der Waals surface area contributed by atoms with Gasteiger partial charge in [-0.2, -0.15) is 0 Å². The number of anilines is 2. The number of carbonyl (C=O) groups is 1. The minimum absolute atomic E-state index is 0.0342. The molecule has 1 N–H and O–H groups in total. The number of nitrogens with one attached hydrogen (secondary N) is 1. The summed E-state index contributed by atoms with van der Waals surface area (Å²) in [5.41, 5.74) is 2.06. The Balaban J connectivity index is 1.45. The highest BCUT2D eigenvalue weighted by Crippen LogP contribution is 2.28. The molecule has 1 aliphatic rings. The highest BCUT2D eigenvalue weighted by atomic mass is 79.9. The van der Waals surface area contributed by atoms with Crippen molar-refractivity contribution in [1.82, 2.24) is 4.90 Å². The van der Waals surface area contributed by atoms with Gasteiger partial charge < -0.3 is 9.80 Å². The fraction of sp³-hybridized carbons (Fsp3) is 0.240. The van der Waals surface area contributed by atoms with Gasteiger partial charge in [-0.25, -0.2) is 8.42 Å². The SMILES string of the molecule is CN(CC1CCCN1C(=O)c1ccc(NS(=O)(=O)c2cc(Br)ccc2Br)cc1)c1ccccc1. The molecule has 34 heavy (non-hydrogen) atoms. The highest BCUT2D eigenvalue weighted by Gasteiger charge is 2.30. The molecule has 0 saturated carbocycles. The van der Waals surface area contributed by atoms with Crippen LogP contribution in [0.5, 0.6) is 0 Å². The third-order valence-corrected chi connectivity index (χ3v) is 8.75. The summed E-state index contributed by atoms with van der Waals surface area (Å²) in [6.45, 7) is 1.48. The molecule has 1 saturated heterocycles. The van der Waals surface area contributed by atoms with Crippen molar-refractivity contribution >= 4 is 59.2 Å². The minimum atomic E-state index is -3.79. The lowest BCUT2D eigenvalue weighted by Gasteiger charge is -2.30. The molecular weight excluding hydrogens is 582 g/mol. The van der Waals surface area contributed by atoms with Crippen LogP contribution in [0.3, 0.4) is 0 Å². The van der Waals surface area contributed by atoms with Gasteiger partial charge in [0.2, 0.25) is 0 Å². The van der Waals surface area contributed by atoms with Crippen molar-refractivity contribution in [2.75, 3.05) is 29.8 Å². The van der Waals surface area contributed by atoms with Gasteiger partial charge in [0.15, 0.2) is 0 Å². The number of nitrogens with zero attached hydrogens (tertiary/aromatic N) is 2. The van der Waals surface area contributed by atoms with E-state index in [9.17, 15) is 13.2 Å². The smallest absolute Gasteiger partial charge is 0.263 e. The summed E-state index contributed by atoms with van der Waals surface area (Å²) in [6.07, 6.45) is 1.93. The maximum atomic E-state index is 13.2. The van der Waals surface area contributed by atoms with Crippen molar-refractivity contribution in [3.8, 4) is 0 Å². The van der Waals surface area contributed by atoms with E-state index in [1.807, 2.05) is 30.1 Å². The van der Waals surface area contributed by atoms with E-state index in [4.69, 9.17) is 0 Å². The Morgan fingerprint density at radius 3 is 2.47 bits per heavy atom. The number of benzene rings is 3. The zero-order chi connectivity index (χ0) is 24.3. The number of carbonyl (C=O) groups excluding carboxylic acids is 1. The fourth-order valence-corrected chi connectivity index (χ4v) is 6.70. The standard InChI is InChI=1S/C25H25Br2N3O3S/c1-29(21-6-3-2-4-7-21)17-22-8-5-15-30(22)25(31)18-9-12-20(13-10-18)28-34(32,33)24-16-19(26)11-14-23(24)27/h2-4,6-7,9-14,16,22,28H,5,8,15,17H2,1H3. The Labute approximate surface area is 217 Å². The molecule has 1 heterocycles. The zero-order valence-corrected chi connectivity index (χ0v) is 22.6. The van der Waals surface area contributed by atoms with Crippen molar-refractivity contribution < 1.29 is 13.2 Å². The summed E-state index contributed by atoms with van der Waals surface area (Å²) in [5, 5.41) is 0. The van der Waals surface area contributed by atoms with Crippen LogP contribution in [0.4, 0.5) is 11.4 Å². The van der Waals surface area contributed by atoms with Crippen LogP contribution < -0.4 is 9.62 Å². The predicted octanol–water partition coefficient (Wildman–Crippen LogP) is 5.75. The van der Waals surface area contributed by atoms with Gasteiger partial charge in [-0.1, -0.05) is 34.1 Å². The highest BCUT2D eigenvalue weighted by molar-refractivity contribution is 9.11. The maximum absolute atomic E-state index is 13.2. The number of para-hydroxylation sites is 1. The molecule has 178 valence electrons. The second kappa shape index (κ2) is 10.5. The monoisotopic (exact) mass is 605 g/mol. The van der Waals surface area contributed by atoms with Crippen LogP contribution in [0.1, 0.15) is 23.2 Å². The first-order valence-corrected chi connectivity index (χ1v) is 14.0. The topological polar surface area (TPSA) is 69.7 Å². The Morgan fingerprint density at radius 2 is 1.76 bits per heavy atom. The molecule has 1 aliphatic heterocycles. The van der Waals surface area contributed by atoms with Crippen molar-refractivity contribution in [1.29, 1.82) is 0 Å². The van der Waals surface area contributed by atoms with Gasteiger partial charge in [0.1, 0.15) is 4.90 Å². The third-order valence-electron chi connectivity index (χ3n) is 5.89. The van der Waals surface area contributed by atoms with Crippen molar-refractivity contribution in [3.05, 3.63) is 87.3 Å². The van der Waals surface area contributed by atoms with Crippen molar-refractivity contribution in [3.63, 3.8) is 0 Å². The van der Waals surface area contributed by atoms with Crippen molar-refractivity contribution in [2.24, 2.45) is 0 Å². The van der Waals surface area contributed by atoms with Gasteiger partial charge in [-0.05, 0) is 83.4 Å². The Kier molecular flexibility index (Phi) is 7.64. The Hall–Kier alpha value is -2.36. The number of likely N-dealkylation sites (N-methyl/N-ethyl adjacent to an activating group) is 1. The van der Waals surface area contributed by atoms with Crippen LogP contribution in [0.25, 0.3) is 0 Å². The van der Waals surface area contributed by atoms with Crippen LogP contribution in [0.15, 0.2) is 86.6 Å². The molecule has 1 unspecified atom stereocenters. The van der Waals surface area contributed by atoms with Gasteiger partial charge in [0, 0.05) is 52.1 Å². The van der Waals surface area contributed by atoms with E-state index < -0.39 is 10.0 Å². The predicted molar refractivity (Wildman–Crippen MR) is 143 cm³/mol. The van der Waals surface area contributed by atoms with E-state index in [2.05, 4.69) is 53.6 Å². The largest absolute Gasteiger partial charge is 0.373 e.